The van der Waals surface area contributed by atoms with Crippen LogP contribution in [0.4, 0.5) is 5.69 Å². The van der Waals surface area contributed by atoms with Crippen LogP contribution < -0.4 is 9.64 Å². The molecule has 2 aliphatic rings. The molecule has 0 saturated carbocycles. The van der Waals surface area contributed by atoms with Crippen molar-refractivity contribution in [3.63, 3.8) is 0 Å². The number of benzene rings is 1. The Kier molecular flexibility index (Phi) is 4.25. The monoisotopic (exact) mass is 304 g/mol. The first-order valence-electron chi connectivity index (χ1n) is 7.93. The molecule has 22 heavy (non-hydrogen) atoms. The zero-order valence-corrected chi connectivity index (χ0v) is 13.5. The topological polar surface area (TPSA) is 42.0 Å². The number of anilines is 1. The summed E-state index contributed by atoms with van der Waals surface area (Å²) in [7, 11) is 1.69. The molecule has 1 aromatic carbocycles. The summed E-state index contributed by atoms with van der Waals surface area (Å²) in [6.45, 7) is 6.84. The van der Waals surface area contributed by atoms with E-state index in [1.165, 1.54) is 5.69 Å². The van der Waals surface area contributed by atoms with Gasteiger partial charge < -0.3 is 14.4 Å². The van der Waals surface area contributed by atoms with Gasteiger partial charge in [0.25, 0.3) is 0 Å². The summed E-state index contributed by atoms with van der Waals surface area (Å²) in [4.78, 5) is 16.6. The minimum Gasteiger partial charge on any atom is -0.497 e. The van der Waals surface area contributed by atoms with E-state index in [1.54, 1.807) is 7.11 Å². The molecule has 2 saturated heterocycles. The lowest BCUT2D eigenvalue weighted by Crippen LogP contribution is -2.56. The first kappa shape index (κ1) is 15.2. The fourth-order valence-electron chi connectivity index (χ4n) is 3.48. The van der Waals surface area contributed by atoms with Crippen molar-refractivity contribution in [3.8, 4) is 5.75 Å². The molecular weight excluding hydrogens is 280 g/mol. The number of rotatable bonds is 3. The van der Waals surface area contributed by atoms with Gasteiger partial charge in [-0.3, -0.25) is 9.69 Å². The van der Waals surface area contributed by atoms with E-state index >= 15 is 0 Å². The van der Waals surface area contributed by atoms with E-state index in [0.29, 0.717) is 6.04 Å². The Bertz CT molecular complexity index is 548. The third-order valence-corrected chi connectivity index (χ3v) is 4.63. The van der Waals surface area contributed by atoms with Crippen molar-refractivity contribution >= 4 is 11.7 Å². The number of cyclic esters (lactones) is 1. The van der Waals surface area contributed by atoms with Crippen LogP contribution in [0.5, 0.6) is 5.75 Å². The van der Waals surface area contributed by atoms with Gasteiger partial charge in [-0.2, -0.15) is 0 Å². The zero-order valence-electron chi connectivity index (χ0n) is 13.5. The minimum absolute atomic E-state index is 0.0456. The van der Waals surface area contributed by atoms with Crippen molar-refractivity contribution in [1.29, 1.82) is 0 Å². The molecule has 0 aliphatic carbocycles. The molecule has 0 bridgehead atoms. The number of piperazine rings is 1. The van der Waals surface area contributed by atoms with Gasteiger partial charge >= 0.3 is 5.97 Å². The number of carbonyl (C=O) groups is 1. The lowest BCUT2D eigenvalue weighted by Gasteiger charge is -2.42. The van der Waals surface area contributed by atoms with Crippen LogP contribution >= 0.6 is 0 Å². The van der Waals surface area contributed by atoms with Gasteiger partial charge in [-0.25, -0.2) is 0 Å². The molecule has 0 aromatic heterocycles. The van der Waals surface area contributed by atoms with E-state index < -0.39 is 0 Å². The Labute approximate surface area is 131 Å². The number of esters is 1. The third kappa shape index (κ3) is 2.90. The van der Waals surface area contributed by atoms with Gasteiger partial charge in [-0.1, -0.05) is 6.07 Å². The van der Waals surface area contributed by atoms with Crippen molar-refractivity contribution in [2.24, 2.45) is 0 Å². The van der Waals surface area contributed by atoms with Crippen molar-refractivity contribution < 1.29 is 14.3 Å². The van der Waals surface area contributed by atoms with Crippen molar-refractivity contribution in [1.82, 2.24) is 4.90 Å². The standard InChI is InChI=1S/C17H24N2O3/c1-12-11-18(16-9-13(2)22-17(16)20)7-8-19(12)14-5-4-6-15(10-14)21-3/h4-6,10,12-13,16H,7-9,11H2,1-3H3/t12-,13+,16-/m1/s1. The molecule has 0 radical (unpaired) electrons. The molecule has 5 heteroatoms. The Morgan fingerprint density at radius 2 is 2.09 bits per heavy atom. The number of ether oxygens (including phenoxy) is 2. The average Bonchev–Trinajstić information content (AvgIpc) is 2.86. The minimum atomic E-state index is -0.0649. The summed E-state index contributed by atoms with van der Waals surface area (Å²) in [6, 6.07) is 8.44. The highest BCUT2D eigenvalue weighted by Gasteiger charge is 2.39. The Morgan fingerprint density at radius 1 is 1.27 bits per heavy atom. The molecule has 2 heterocycles. The second-order valence-electron chi connectivity index (χ2n) is 6.24. The van der Waals surface area contributed by atoms with Crippen molar-refractivity contribution in [3.05, 3.63) is 24.3 Å². The lowest BCUT2D eigenvalue weighted by molar-refractivity contribution is -0.145. The SMILES string of the molecule is COc1cccc(N2CCN([C@@H]3C[C@H](C)OC3=O)C[C@H]2C)c1. The number of nitrogens with zero attached hydrogens (tertiary/aromatic N) is 2. The van der Waals surface area contributed by atoms with E-state index in [9.17, 15) is 4.79 Å². The molecule has 2 aliphatic heterocycles. The van der Waals surface area contributed by atoms with Gasteiger partial charge in [0.2, 0.25) is 0 Å². The molecule has 0 amide bonds. The summed E-state index contributed by atoms with van der Waals surface area (Å²) in [5, 5.41) is 0. The second kappa shape index (κ2) is 6.16. The molecule has 3 rings (SSSR count). The zero-order chi connectivity index (χ0) is 15.7. The van der Waals surface area contributed by atoms with Crippen LogP contribution in [0.15, 0.2) is 24.3 Å². The highest BCUT2D eigenvalue weighted by atomic mass is 16.6. The predicted octanol–water partition coefficient (Wildman–Crippen LogP) is 1.91. The van der Waals surface area contributed by atoms with E-state index in [-0.39, 0.29) is 18.1 Å². The highest BCUT2D eigenvalue weighted by molar-refractivity contribution is 5.78. The first-order valence-corrected chi connectivity index (χ1v) is 7.93. The van der Waals surface area contributed by atoms with Crippen LogP contribution in [0, 0.1) is 0 Å². The predicted molar refractivity (Wildman–Crippen MR) is 85.3 cm³/mol. The van der Waals surface area contributed by atoms with E-state index in [2.05, 4.69) is 28.9 Å². The molecule has 120 valence electrons. The Hall–Kier alpha value is -1.75. The van der Waals surface area contributed by atoms with Gasteiger partial charge in [0.1, 0.15) is 17.9 Å². The maximum atomic E-state index is 11.9. The molecular formula is C17H24N2O3. The van der Waals surface area contributed by atoms with Gasteiger partial charge in [-0.05, 0) is 26.0 Å². The largest absolute Gasteiger partial charge is 0.497 e. The third-order valence-electron chi connectivity index (χ3n) is 4.63. The Balaban J connectivity index is 1.68. The van der Waals surface area contributed by atoms with Gasteiger partial charge in [0.05, 0.1) is 7.11 Å². The summed E-state index contributed by atoms with van der Waals surface area (Å²) in [6.07, 6.45) is 0.856. The van der Waals surface area contributed by atoms with Crippen LogP contribution in [0.1, 0.15) is 20.3 Å². The number of hydrogen-bond acceptors (Lipinski definition) is 5. The van der Waals surface area contributed by atoms with Gasteiger partial charge in [-0.15, -0.1) is 0 Å². The second-order valence-corrected chi connectivity index (χ2v) is 6.24. The smallest absolute Gasteiger partial charge is 0.323 e. The van der Waals surface area contributed by atoms with Gasteiger partial charge in [0.15, 0.2) is 0 Å². The summed E-state index contributed by atoms with van der Waals surface area (Å²) < 4.78 is 10.6. The van der Waals surface area contributed by atoms with Crippen molar-refractivity contribution in [2.75, 3.05) is 31.6 Å². The van der Waals surface area contributed by atoms with E-state index in [1.807, 2.05) is 19.1 Å². The van der Waals surface area contributed by atoms with Crippen LogP contribution in [-0.2, 0) is 9.53 Å². The normalized spacial score (nSPS) is 29.5. The summed E-state index contributed by atoms with van der Waals surface area (Å²) in [5.74, 6) is 0.815. The van der Waals surface area contributed by atoms with E-state index in [4.69, 9.17) is 9.47 Å². The number of carbonyl (C=O) groups excluding carboxylic acids is 1. The van der Waals surface area contributed by atoms with E-state index in [0.717, 1.165) is 31.8 Å². The van der Waals surface area contributed by atoms with Crippen molar-refractivity contribution in [2.45, 2.75) is 38.5 Å². The van der Waals surface area contributed by atoms with Crippen LogP contribution in [0.3, 0.4) is 0 Å². The van der Waals surface area contributed by atoms with Crippen LogP contribution in [0.25, 0.3) is 0 Å². The fraction of sp³-hybridized carbons (Fsp3) is 0.588. The molecule has 2 fully saturated rings. The molecule has 5 nitrogen and oxygen atoms in total. The molecule has 0 spiro atoms. The summed E-state index contributed by atoms with van der Waals surface area (Å²) in [5.41, 5.74) is 1.17. The number of hydrogen-bond donors (Lipinski definition) is 0. The Morgan fingerprint density at radius 3 is 2.73 bits per heavy atom. The lowest BCUT2D eigenvalue weighted by atomic mass is 10.1. The molecule has 0 unspecified atom stereocenters. The average molecular weight is 304 g/mol. The van der Waals surface area contributed by atoms with Gasteiger partial charge in [0, 0.05) is 43.9 Å². The van der Waals surface area contributed by atoms with Crippen LogP contribution in [0.2, 0.25) is 0 Å². The quantitative estimate of drug-likeness (QED) is 0.798. The summed E-state index contributed by atoms with van der Waals surface area (Å²) >= 11 is 0. The number of methoxy groups -OCH3 is 1. The highest BCUT2D eigenvalue weighted by Crippen LogP contribution is 2.27. The fourth-order valence-corrected chi connectivity index (χ4v) is 3.48. The molecule has 3 atom stereocenters. The molecule has 1 aromatic rings. The van der Waals surface area contributed by atoms with Crippen LogP contribution in [-0.4, -0.2) is 55.8 Å². The molecule has 0 N–H and O–H groups in total. The first-order chi connectivity index (χ1) is 10.6. The maximum Gasteiger partial charge on any atom is 0.323 e. The maximum absolute atomic E-state index is 11.9.